The van der Waals surface area contributed by atoms with Gasteiger partial charge in [0.05, 0.1) is 6.42 Å². The molecule has 31 heavy (non-hydrogen) atoms. The van der Waals surface area contributed by atoms with E-state index in [9.17, 15) is 4.79 Å². The molecule has 0 unspecified atom stereocenters. The summed E-state index contributed by atoms with van der Waals surface area (Å²) in [6.45, 7) is 0. The van der Waals surface area contributed by atoms with E-state index < -0.39 is 0 Å². The zero-order valence-corrected chi connectivity index (χ0v) is 17.1. The average Bonchev–Trinajstić information content (AvgIpc) is 2.84. The Morgan fingerprint density at radius 2 is 1.23 bits per heavy atom. The van der Waals surface area contributed by atoms with E-state index in [-0.39, 0.29) is 18.3 Å². The summed E-state index contributed by atoms with van der Waals surface area (Å²) in [6, 6.07) is 31.6. The van der Waals surface area contributed by atoms with Gasteiger partial charge in [-0.05, 0) is 46.5 Å². The summed E-state index contributed by atoms with van der Waals surface area (Å²) < 4.78 is 5.63. The molecule has 4 aromatic rings. The molecule has 0 aliphatic rings. The first-order valence-corrected chi connectivity index (χ1v) is 10.3. The van der Waals surface area contributed by atoms with Crippen molar-refractivity contribution < 1.29 is 9.53 Å². The number of rotatable bonds is 7. The first-order chi connectivity index (χ1) is 15.3. The van der Waals surface area contributed by atoms with Crippen LogP contribution in [-0.2, 0) is 4.79 Å². The van der Waals surface area contributed by atoms with Gasteiger partial charge in [-0.2, -0.15) is 0 Å². The highest BCUT2D eigenvalue weighted by molar-refractivity contribution is 5.75. The standard InChI is InChI=1S/C28H23NO2/c30-28(21-27(24-7-3-1-4-8-24)25-9-5-2-6-10-25)31-26-15-13-22(14-16-26)11-12-23-17-19-29-20-18-23/h1-20,27H,21H2/b12-11+. The Morgan fingerprint density at radius 3 is 1.77 bits per heavy atom. The molecule has 0 amide bonds. The van der Waals surface area contributed by atoms with E-state index in [4.69, 9.17) is 4.74 Å². The lowest BCUT2D eigenvalue weighted by molar-refractivity contribution is -0.134. The molecule has 0 aliphatic carbocycles. The number of hydrogen-bond donors (Lipinski definition) is 0. The zero-order valence-electron chi connectivity index (χ0n) is 17.1. The van der Waals surface area contributed by atoms with Gasteiger partial charge in [0.2, 0.25) is 0 Å². The Kier molecular flexibility index (Phi) is 6.66. The first-order valence-electron chi connectivity index (χ1n) is 10.3. The van der Waals surface area contributed by atoms with Crippen LogP contribution in [0.5, 0.6) is 5.75 Å². The lowest BCUT2D eigenvalue weighted by atomic mass is 9.89. The van der Waals surface area contributed by atoms with Crippen LogP contribution in [0.2, 0.25) is 0 Å². The highest BCUT2D eigenvalue weighted by Gasteiger charge is 2.19. The van der Waals surface area contributed by atoms with E-state index in [0.29, 0.717) is 5.75 Å². The van der Waals surface area contributed by atoms with Crippen molar-refractivity contribution >= 4 is 18.1 Å². The monoisotopic (exact) mass is 405 g/mol. The van der Waals surface area contributed by atoms with Crippen LogP contribution in [-0.4, -0.2) is 11.0 Å². The molecular formula is C28H23NO2. The molecule has 1 aromatic heterocycles. The number of carbonyl (C=O) groups is 1. The fourth-order valence-corrected chi connectivity index (χ4v) is 3.45. The molecule has 0 fully saturated rings. The van der Waals surface area contributed by atoms with Crippen LogP contribution in [0.1, 0.15) is 34.6 Å². The molecule has 0 spiro atoms. The second-order valence-electron chi connectivity index (χ2n) is 7.24. The summed E-state index contributed by atoms with van der Waals surface area (Å²) >= 11 is 0. The van der Waals surface area contributed by atoms with Crippen LogP contribution in [0.3, 0.4) is 0 Å². The van der Waals surface area contributed by atoms with Crippen molar-refractivity contribution in [2.45, 2.75) is 12.3 Å². The van der Waals surface area contributed by atoms with Crippen LogP contribution < -0.4 is 4.74 Å². The minimum atomic E-state index is -0.252. The first kappa shape index (κ1) is 20.3. The van der Waals surface area contributed by atoms with Crippen molar-refractivity contribution in [3.05, 3.63) is 132 Å². The highest BCUT2D eigenvalue weighted by Crippen LogP contribution is 2.28. The topological polar surface area (TPSA) is 39.2 Å². The summed E-state index contributed by atoms with van der Waals surface area (Å²) in [6.07, 6.45) is 7.84. The molecule has 0 atom stereocenters. The van der Waals surface area contributed by atoms with Crippen LogP contribution in [0.4, 0.5) is 0 Å². The lowest BCUT2D eigenvalue weighted by Crippen LogP contribution is -2.14. The molecule has 0 saturated heterocycles. The molecule has 0 aliphatic heterocycles. The smallest absolute Gasteiger partial charge is 0.312 e. The molecule has 152 valence electrons. The third-order valence-electron chi connectivity index (χ3n) is 5.06. The van der Waals surface area contributed by atoms with Crippen LogP contribution in [0.25, 0.3) is 12.2 Å². The van der Waals surface area contributed by atoms with Gasteiger partial charge in [0, 0.05) is 18.3 Å². The normalized spacial score (nSPS) is 11.0. The zero-order chi connectivity index (χ0) is 21.3. The third kappa shape index (κ3) is 5.77. The lowest BCUT2D eigenvalue weighted by Gasteiger charge is -2.17. The van der Waals surface area contributed by atoms with Gasteiger partial charge in [-0.15, -0.1) is 0 Å². The SMILES string of the molecule is O=C(CC(c1ccccc1)c1ccccc1)Oc1ccc(/C=C/c2ccncc2)cc1. The van der Waals surface area contributed by atoms with Gasteiger partial charge in [-0.25, -0.2) is 0 Å². The Bertz CT molecular complexity index is 1080. The number of nitrogens with zero attached hydrogens (tertiary/aromatic N) is 1. The molecule has 1 heterocycles. The summed E-state index contributed by atoms with van der Waals surface area (Å²) in [5, 5.41) is 0. The number of benzene rings is 3. The molecular weight excluding hydrogens is 382 g/mol. The maximum atomic E-state index is 12.7. The van der Waals surface area contributed by atoms with Crippen molar-refractivity contribution in [2.75, 3.05) is 0 Å². The molecule has 3 heteroatoms. The number of hydrogen-bond acceptors (Lipinski definition) is 3. The summed E-state index contributed by atoms with van der Waals surface area (Å²) in [4.78, 5) is 16.7. The minimum absolute atomic E-state index is 0.0440. The Balaban J connectivity index is 1.43. The van der Waals surface area contributed by atoms with Crippen molar-refractivity contribution in [2.24, 2.45) is 0 Å². The number of carbonyl (C=O) groups excluding carboxylic acids is 1. The number of ether oxygens (including phenoxy) is 1. The van der Waals surface area contributed by atoms with Gasteiger partial charge in [0.1, 0.15) is 5.75 Å². The largest absolute Gasteiger partial charge is 0.427 e. The van der Waals surface area contributed by atoms with Gasteiger partial charge < -0.3 is 4.74 Å². The number of pyridine rings is 1. The van der Waals surface area contributed by atoms with Gasteiger partial charge in [-0.3, -0.25) is 9.78 Å². The predicted molar refractivity (Wildman–Crippen MR) is 125 cm³/mol. The van der Waals surface area contributed by atoms with Gasteiger partial charge >= 0.3 is 5.97 Å². The summed E-state index contributed by atoms with van der Waals surface area (Å²) in [7, 11) is 0. The number of aromatic nitrogens is 1. The maximum absolute atomic E-state index is 12.7. The molecule has 3 nitrogen and oxygen atoms in total. The second kappa shape index (κ2) is 10.2. The highest BCUT2D eigenvalue weighted by atomic mass is 16.5. The fourth-order valence-electron chi connectivity index (χ4n) is 3.45. The molecule has 0 N–H and O–H groups in total. The van der Waals surface area contributed by atoms with Crippen molar-refractivity contribution in [1.29, 1.82) is 0 Å². The minimum Gasteiger partial charge on any atom is -0.427 e. The third-order valence-corrected chi connectivity index (χ3v) is 5.06. The quantitative estimate of drug-likeness (QED) is 0.264. The van der Waals surface area contributed by atoms with Crippen molar-refractivity contribution in [3.63, 3.8) is 0 Å². The molecule has 0 radical (unpaired) electrons. The molecule has 0 bridgehead atoms. The Morgan fingerprint density at radius 1 is 0.710 bits per heavy atom. The van der Waals surface area contributed by atoms with Crippen LogP contribution in [0.15, 0.2) is 109 Å². The maximum Gasteiger partial charge on any atom is 0.312 e. The number of esters is 1. The summed E-state index contributed by atoms with van der Waals surface area (Å²) in [5.41, 5.74) is 4.31. The van der Waals surface area contributed by atoms with E-state index in [0.717, 1.165) is 22.3 Å². The van der Waals surface area contributed by atoms with Crippen molar-refractivity contribution in [3.8, 4) is 5.75 Å². The fraction of sp³-hybridized carbons (Fsp3) is 0.0714. The Hall–Kier alpha value is -3.98. The van der Waals surface area contributed by atoms with Crippen LogP contribution >= 0.6 is 0 Å². The predicted octanol–water partition coefficient (Wildman–Crippen LogP) is 6.38. The van der Waals surface area contributed by atoms with E-state index in [2.05, 4.69) is 29.2 Å². The average molecular weight is 405 g/mol. The van der Waals surface area contributed by atoms with E-state index in [1.54, 1.807) is 12.4 Å². The van der Waals surface area contributed by atoms with Gasteiger partial charge in [0.15, 0.2) is 0 Å². The van der Waals surface area contributed by atoms with Gasteiger partial charge in [0.25, 0.3) is 0 Å². The van der Waals surface area contributed by atoms with Crippen molar-refractivity contribution in [1.82, 2.24) is 4.98 Å². The summed E-state index contributed by atoms with van der Waals surface area (Å²) in [5.74, 6) is 0.251. The molecule has 3 aromatic carbocycles. The second-order valence-corrected chi connectivity index (χ2v) is 7.24. The van der Waals surface area contributed by atoms with Crippen LogP contribution in [0, 0.1) is 0 Å². The van der Waals surface area contributed by atoms with E-state index >= 15 is 0 Å². The molecule has 0 saturated carbocycles. The van der Waals surface area contributed by atoms with Gasteiger partial charge in [-0.1, -0.05) is 84.9 Å². The Labute approximate surface area is 182 Å². The van der Waals surface area contributed by atoms with E-state index in [1.807, 2.05) is 84.9 Å². The van der Waals surface area contributed by atoms with E-state index in [1.165, 1.54) is 0 Å². The molecule has 4 rings (SSSR count).